The van der Waals surface area contributed by atoms with Gasteiger partial charge in [0.15, 0.2) is 0 Å². The van der Waals surface area contributed by atoms with E-state index in [1.807, 2.05) is 0 Å². The number of carbonyl (C=O) groups is 2. The molecule has 1 heterocycles. The number of anilines is 1. The van der Waals surface area contributed by atoms with Gasteiger partial charge in [-0.25, -0.2) is 12.8 Å². The SMILES string of the molecule is Cc1ccc(S(=O)(=O)Nc2ccc(F)cc2)cc1C(=O)NCCCN1CCCC1=O. The molecule has 0 spiro atoms. The number of sulfonamides is 1. The fourth-order valence-electron chi connectivity index (χ4n) is 3.25. The van der Waals surface area contributed by atoms with Gasteiger partial charge in [-0.1, -0.05) is 6.07 Å². The minimum atomic E-state index is -3.94. The van der Waals surface area contributed by atoms with Crippen LogP contribution in [-0.4, -0.2) is 44.8 Å². The lowest BCUT2D eigenvalue weighted by atomic mass is 10.1. The molecule has 0 saturated carbocycles. The van der Waals surface area contributed by atoms with Gasteiger partial charge < -0.3 is 10.2 Å². The maximum absolute atomic E-state index is 13.0. The molecule has 0 bridgehead atoms. The fraction of sp³-hybridized carbons (Fsp3) is 0.333. The van der Waals surface area contributed by atoms with Gasteiger partial charge in [-0.2, -0.15) is 0 Å². The Morgan fingerprint density at radius 1 is 1.17 bits per heavy atom. The Morgan fingerprint density at radius 3 is 2.57 bits per heavy atom. The Labute approximate surface area is 175 Å². The molecule has 9 heteroatoms. The zero-order valence-electron chi connectivity index (χ0n) is 16.7. The number of carbonyl (C=O) groups excluding carboxylic acids is 2. The zero-order chi connectivity index (χ0) is 21.7. The van der Waals surface area contributed by atoms with Gasteiger partial charge in [0, 0.05) is 37.3 Å². The van der Waals surface area contributed by atoms with Gasteiger partial charge in [0.1, 0.15) is 5.82 Å². The fourth-order valence-corrected chi connectivity index (χ4v) is 4.34. The quantitative estimate of drug-likeness (QED) is 0.626. The standard InChI is InChI=1S/C21H24FN3O4S/c1-15-5-10-18(30(28,29)24-17-8-6-16(22)7-9-17)14-19(15)21(27)23-11-3-13-25-12-2-4-20(25)26/h5-10,14,24H,2-4,11-13H2,1H3,(H,23,27). The number of amides is 2. The van der Waals surface area contributed by atoms with Crippen LogP contribution in [0.1, 0.15) is 35.2 Å². The Kier molecular flexibility index (Phi) is 6.71. The predicted molar refractivity (Wildman–Crippen MR) is 111 cm³/mol. The zero-order valence-corrected chi connectivity index (χ0v) is 17.5. The summed E-state index contributed by atoms with van der Waals surface area (Å²) in [6, 6.07) is 9.25. The van der Waals surface area contributed by atoms with Crippen molar-refractivity contribution in [3.8, 4) is 0 Å². The maximum atomic E-state index is 13.0. The average Bonchev–Trinajstić information content (AvgIpc) is 3.11. The first-order valence-corrected chi connectivity index (χ1v) is 11.2. The van der Waals surface area contributed by atoms with Crippen molar-refractivity contribution < 1.29 is 22.4 Å². The summed E-state index contributed by atoms with van der Waals surface area (Å²) in [7, 11) is -3.94. The van der Waals surface area contributed by atoms with Crippen LogP contribution >= 0.6 is 0 Å². The first kappa shape index (κ1) is 21.8. The smallest absolute Gasteiger partial charge is 0.261 e. The lowest BCUT2D eigenvalue weighted by Crippen LogP contribution is -2.31. The number of halogens is 1. The van der Waals surface area contributed by atoms with Crippen LogP contribution in [0.3, 0.4) is 0 Å². The summed E-state index contributed by atoms with van der Waals surface area (Å²) in [5.74, 6) is -0.704. The molecule has 30 heavy (non-hydrogen) atoms. The number of hydrogen-bond donors (Lipinski definition) is 2. The highest BCUT2D eigenvalue weighted by Gasteiger charge is 2.20. The molecule has 0 unspecified atom stereocenters. The first-order valence-electron chi connectivity index (χ1n) is 9.71. The average molecular weight is 434 g/mol. The van der Waals surface area contributed by atoms with Crippen molar-refractivity contribution in [2.45, 2.75) is 31.1 Å². The second kappa shape index (κ2) is 9.25. The number of aryl methyl sites for hydroxylation is 1. The molecule has 0 atom stereocenters. The van der Waals surface area contributed by atoms with Crippen molar-refractivity contribution in [2.24, 2.45) is 0 Å². The molecular weight excluding hydrogens is 409 g/mol. The van der Waals surface area contributed by atoms with E-state index in [-0.39, 0.29) is 28.0 Å². The molecule has 1 aliphatic heterocycles. The molecule has 1 aliphatic rings. The van der Waals surface area contributed by atoms with E-state index in [9.17, 15) is 22.4 Å². The van der Waals surface area contributed by atoms with Crippen molar-refractivity contribution in [1.29, 1.82) is 0 Å². The van der Waals surface area contributed by atoms with Crippen LogP contribution < -0.4 is 10.0 Å². The maximum Gasteiger partial charge on any atom is 0.261 e. The number of benzene rings is 2. The first-order chi connectivity index (χ1) is 14.3. The van der Waals surface area contributed by atoms with Gasteiger partial charge in [-0.3, -0.25) is 14.3 Å². The number of nitrogens with one attached hydrogen (secondary N) is 2. The largest absolute Gasteiger partial charge is 0.352 e. The summed E-state index contributed by atoms with van der Waals surface area (Å²) in [4.78, 5) is 25.9. The molecule has 160 valence electrons. The Hall–Kier alpha value is -2.94. The van der Waals surface area contributed by atoms with E-state index in [0.29, 0.717) is 31.5 Å². The van der Waals surface area contributed by atoms with Gasteiger partial charge in [0.2, 0.25) is 5.91 Å². The molecule has 0 aliphatic carbocycles. The van der Waals surface area contributed by atoms with Crippen LogP contribution in [-0.2, 0) is 14.8 Å². The van der Waals surface area contributed by atoms with Gasteiger partial charge in [-0.15, -0.1) is 0 Å². The molecule has 2 N–H and O–H groups in total. The van der Waals surface area contributed by atoms with Crippen LogP contribution in [0, 0.1) is 12.7 Å². The summed E-state index contributed by atoms with van der Waals surface area (Å²) in [6.07, 6.45) is 2.08. The third-order valence-electron chi connectivity index (χ3n) is 4.92. The minimum absolute atomic E-state index is 0.0646. The topological polar surface area (TPSA) is 95.6 Å². The third kappa shape index (κ3) is 5.35. The molecule has 0 radical (unpaired) electrons. The molecule has 1 saturated heterocycles. The number of nitrogens with zero attached hydrogens (tertiary/aromatic N) is 1. The van der Waals surface area contributed by atoms with Gasteiger partial charge in [-0.05, 0) is 61.7 Å². The van der Waals surface area contributed by atoms with Gasteiger partial charge in [0.25, 0.3) is 15.9 Å². The number of rotatable bonds is 8. The number of likely N-dealkylation sites (tertiary alicyclic amines) is 1. The van der Waals surface area contributed by atoms with E-state index in [1.165, 1.54) is 24.3 Å². The highest BCUT2D eigenvalue weighted by molar-refractivity contribution is 7.92. The van der Waals surface area contributed by atoms with Gasteiger partial charge in [0.05, 0.1) is 4.90 Å². The highest BCUT2D eigenvalue weighted by Crippen LogP contribution is 2.20. The van der Waals surface area contributed by atoms with Gasteiger partial charge >= 0.3 is 0 Å². The van der Waals surface area contributed by atoms with Crippen LogP contribution in [0.5, 0.6) is 0 Å². The summed E-state index contributed by atoms with van der Waals surface area (Å²) >= 11 is 0. The van der Waals surface area contributed by atoms with Crippen molar-refractivity contribution in [3.63, 3.8) is 0 Å². The van der Waals surface area contributed by atoms with E-state index in [0.717, 1.165) is 25.1 Å². The molecule has 0 aromatic heterocycles. The van der Waals surface area contributed by atoms with E-state index in [1.54, 1.807) is 17.9 Å². The summed E-state index contributed by atoms with van der Waals surface area (Å²) < 4.78 is 40.7. The van der Waals surface area contributed by atoms with Crippen LogP contribution in [0.2, 0.25) is 0 Å². The molecule has 7 nitrogen and oxygen atoms in total. The Bertz CT molecular complexity index is 1040. The van der Waals surface area contributed by atoms with E-state index in [4.69, 9.17) is 0 Å². The Balaban J connectivity index is 1.64. The molecular formula is C21H24FN3O4S. The monoisotopic (exact) mass is 433 g/mol. The van der Waals surface area contributed by atoms with Crippen molar-refractivity contribution in [2.75, 3.05) is 24.4 Å². The predicted octanol–water partition coefficient (Wildman–Crippen LogP) is 2.68. The molecule has 2 amide bonds. The van der Waals surface area contributed by atoms with Crippen molar-refractivity contribution in [1.82, 2.24) is 10.2 Å². The second-order valence-electron chi connectivity index (χ2n) is 7.18. The normalized spacial score (nSPS) is 14.1. The van der Waals surface area contributed by atoms with E-state index in [2.05, 4.69) is 10.0 Å². The summed E-state index contributed by atoms with van der Waals surface area (Å²) in [5.41, 5.74) is 1.12. The second-order valence-corrected chi connectivity index (χ2v) is 8.87. The highest BCUT2D eigenvalue weighted by atomic mass is 32.2. The lowest BCUT2D eigenvalue weighted by molar-refractivity contribution is -0.127. The van der Waals surface area contributed by atoms with Crippen molar-refractivity contribution in [3.05, 3.63) is 59.4 Å². The lowest BCUT2D eigenvalue weighted by Gasteiger charge is -2.15. The molecule has 2 aromatic carbocycles. The third-order valence-corrected chi connectivity index (χ3v) is 6.30. The van der Waals surface area contributed by atoms with E-state index >= 15 is 0 Å². The summed E-state index contributed by atoms with van der Waals surface area (Å²) in [5, 5.41) is 2.78. The van der Waals surface area contributed by atoms with Crippen LogP contribution in [0.4, 0.5) is 10.1 Å². The van der Waals surface area contributed by atoms with E-state index < -0.39 is 15.8 Å². The summed E-state index contributed by atoms with van der Waals surface area (Å²) in [6.45, 7) is 3.45. The molecule has 2 aromatic rings. The Morgan fingerprint density at radius 2 is 1.90 bits per heavy atom. The molecule has 3 rings (SSSR count). The minimum Gasteiger partial charge on any atom is -0.352 e. The molecule has 1 fully saturated rings. The number of hydrogen-bond acceptors (Lipinski definition) is 4. The van der Waals surface area contributed by atoms with Crippen LogP contribution in [0.15, 0.2) is 47.4 Å². The van der Waals surface area contributed by atoms with Crippen molar-refractivity contribution >= 4 is 27.5 Å². The van der Waals surface area contributed by atoms with Crippen LogP contribution in [0.25, 0.3) is 0 Å².